The van der Waals surface area contributed by atoms with Gasteiger partial charge in [0.15, 0.2) is 0 Å². The van der Waals surface area contributed by atoms with Crippen molar-refractivity contribution in [2.24, 2.45) is 0 Å². The fourth-order valence-corrected chi connectivity index (χ4v) is 3.23. The van der Waals surface area contributed by atoms with Crippen molar-refractivity contribution in [3.8, 4) is 0 Å². The maximum atomic E-state index is 4.06. The van der Waals surface area contributed by atoms with E-state index in [1.54, 1.807) is 0 Å². The molecular formula is C13H22N4. The Hall–Kier alpha value is -0.870. The number of hydrogen-bond acceptors (Lipinski definition) is 3. The van der Waals surface area contributed by atoms with Gasteiger partial charge in [0.05, 0.1) is 6.33 Å². The Morgan fingerprint density at radius 2 is 2.29 bits per heavy atom. The van der Waals surface area contributed by atoms with Crippen LogP contribution in [0.5, 0.6) is 0 Å². The van der Waals surface area contributed by atoms with Crippen LogP contribution in [-0.4, -0.2) is 46.2 Å². The minimum Gasteiger partial charge on any atom is -0.336 e. The zero-order valence-corrected chi connectivity index (χ0v) is 10.4. The Bertz CT molecular complexity index is 335. The van der Waals surface area contributed by atoms with Crippen LogP contribution in [0.4, 0.5) is 0 Å². The minimum atomic E-state index is 0.734. The molecule has 0 spiro atoms. The monoisotopic (exact) mass is 234 g/mol. The summed E-state index contributed by atoms with van der Waals surface area (Å²) in [4.78, 5) is 6.73. The van der Waals surface area contributed by atoms with E-state index in [0.29, 0.717) is 0 Å². The maximum Gasteiger partial charge on any atom is 0.0946 e. The highest BCUT2D eigenvalue weighted by Gasteiger charge is 2.31. The molecule has 0 aromatic carbocycles. The van der Waals surface area contributed by atoms with Gasteiger partial charge in [-0.2, -0.15) is 0 Å². The first-order valence-electron chi connectivity index (χ1n) is 6.85. The van der Waals surface area contributed by atoms with Crippen molar-refractivity contribution in [3.05, 3.63) is 18.7 Å². The highest BCUT2D eigenvalue weighted by molar-refractivity contribution is 4.89. The van der Waals surface area contributed by atoms with Crippen molar-refractivity contribution in [2.75, 3.05) is 19.6 Å². The molecule has 2 saturated heterocycles. The third kappa shape index (κ3) is 2.69. The lowest BCUT2D eigenvalue weighted by Gasteiger charge is -2.35. The number of imidazole rings is 1. The van der Waals surface area contributed by atoms with E-state index in [1.807, 2.05) is 18.7 Å². The van der Waals surface area contributed by atoms with Crippen LogP contribution in [0.2, 0.25) is 0 Å². The van der Waals surface area contributed by atoms with Crippen LogP contribution in [-0.2, 0) is 6.54 Å². The molecule has 2 aliphatic heterocycles. The van der Waals surface area contributed by atoms with E-state index in [4.69, 9.17) is 0 Å². The first kappa shape index (κ1) is 11.2. The SMILES string of the molecule is c1cn(CCNC2CCN3CCCC3C2)cn1. The van der Waals surface area contributed by atoms with Crippen LogP contribution in [0.1, 0.15) is 25.7 Å². The molecule has 4 heteroatoms. The summed E-state index contributed by atoms with van der Waals surface area (Å²) < 4.78 is 2.14. The highest BCUT2D eigenvalue weighted by atomic mass is 15.2. The third-order valence-electron chi connectivity index (χ3n) is 4.18. The molecule has 1 aromatic rings. The number of piperidine rings is 1. The van der Waals surface area contributed by atoms with Gasteiger partial charge >= 0.3 is 0 Å². The maximum absolute atomic E-state index is 4.06. The summed E-state index contributed by atoms with van der Waals surface area (Å²) in [6.07, 6.45) is 11.3. The van der Waals surface area contributed by atoms with Crippen LogP contribution in [0, 0.1) is 0 Å². The van der Waals surface area contributed by atoms with Crippen LogP contribution in [0.15, 0.2) is 18.7 Å². The van der Waals surface area contributed by atoms with E-state index in [0.717, 1.165) is 25.2 Å². The summed E-state index contributed by atoms with van der Waals surface area (Å²) >= 11 is 0. The molecule has 0 amide bonds. The quantitative estimate of drug-likeness (QED) is 0.847. The van der Waals surface area contributed by atoms with Gasteiger partial charge in [0.2, 0.25) is 0 Å². The first-order chi connectivity index (χ1) is 8.42. The topological polar surface area (TPSA) is 33.1 Å². The van der Waals surface area contributed by atoms with Crippen molar-refractivity contribution in [1.82, 2.24) is 19.8 Å². The van der Waals surface area contributed by atoms with Crippen molar-refractivity contribution < 1.29 is 0 Å². The molecule has 1 N–H and O–H groups in total. The second-order valence-electron chi connectivity index (χ2n) is 5.31. The normalized spacial score (nSPS) is 29.4. The summed E-state index contributed by atoms with van der Waals surface area (Å²) in [5.41, 5.74) is 0. The lowest BCUT2D eigenvalue weighted by atomic mass is 9.98. The van der Waals surface area contributed by atoms with E-state index in [1.165, 1.54) is 38.8 Å². The predicted octanol–water partition coefficient (Wildman–Crippen LogP) is 1.10. The minimum absolute atomic E-state index is 0.734. The number of aromatic nitrogens is 2. The summed E-state index contributed by atoms with van der Waals surface area (Å²) in [5.74, 6) is 0. The van der Waals surface area contributed by atoms with E-state index < -0.39 is 0 Å². The highest BCUT2D eigenvalue weighted by Crippen LogP contribution is 2.26. The molecule has 2 fully saturated rings. The standard InChI is InChI=1S/C13H22N4/c1-2-13-10-12(3-7-17(13)6-1)15-5-9-16-8-4-14-11-16/h4,8,11-13,15H,1-3,5-7,9-10H2. The van der Waals surface area contributed by atoms with E-state index in [9.17, 15) is 0 Å². The molecule has 0 radical (unpaired) electrons. The molecule has 0 bridgehead atoms. The van der Waals surface area contributed by atoms with Crippen LogP contribution >= 0.6 is 0 Å². The van der Waals surface area contributed by atoms with Crippen molar-refractivity contribution in [2.45, 2.75) is 44.3 Å². The average molecular weight is 234 g/mol. The van der Waals surface area contributed by atoms with Gasteiger partial charge in [0, 0.05) is 37.6 Å². The Balaban J connectivity index is 1.40. The van der Waals surface area contributed by atoms with Gasteiger partial charge in [-0.25, -0.2) is 4.98 Å². The van der Waals surface area contributed by atoms with Gasteiger partial charge in [0.1, 0.15) is 0 Å². The molecule has 2 atom stereocenters. The van der Waals surface area contributed by atoms with E-state index in [-0.39, 0.29) is 0 Å². The number of hydrogen-bond donors (Lipinski definition) is 1. The lowest BCUT2D eigenvalue weighted by Crippen LogP contribution is -2.46. The smallest absolute Gasteiger partial charge is 0.0946 e. The Kier molecular flexibility index (Phi) is 3.43. The lowest BCUT2D eigenvalue weighted by molar-refractivity contribution is 0.167. The predicted molar refractivity (Wildman–Crippen MR) is 67.8 cm³/mol. The van der Waals surface area contributed by atoms with Gasteiger partial charge in [-0.05, 0) is 38.8 Å². The van der Waals surface area contributed by atoms with Crippen molar-refractivity contribution >= 4 is 0 Å². The van der Waals surface area contributed by atoms with Gasteiger partial charge < -0.3 is 14.8 Å². The molecule has 3 rings (SSSR count). The zero-order valence-electron chi connectivity index (χ0n) is 10.4. The van der Waals surface area contributed by atoms with E-state index >= 15 is 0 Å². The number of fused-ring (bicyclic) bond motifs is 1. The fourth-order valence-electron chi connectivity index (χ4n) is 3.23. The second kappa shape index (κ2) is 5.19. The first-order valence-corrected chi connectivity index (χ1v) is 6.85. The molecular weight excluding hydrogens is 212 g/mol. The van der Waals surface area contributed by atoms with Gasteiger partial charge in [-0.15, -0.1) is 0 Å². The number of nitrogens with zero attached hydrogens (tertiary/aromatic N) is 3. The van der Waals surface area contributed by atoms with Crippen molar-refractivity contribution in [3.63, 3.8) is 0 Å². The largest absolute Gasteiger partial charge is 0.336 e. The van der Waals surface area contributed by atoms with Gasteiger partial charge in [-0.1, -0.05) is 0 Å². The molecule has 0 saturated carbocycles. The van der Waals surface area contributed by atoms with Gasteiger partial charge in [-0.3, -0.25) is 0 Å². The summed E-state index contributed by atoms with van der Waals surface area (Å²) in [6, 6.07) is 1.60. The zero-order chi connectivity index (χ0) is 11.5. The van der Waals surface area contributed by atoms with Crippen LogP contribution in [0.3, 0.4) is 0 Å². The Morgan fingerprint density at radius 1 is 1.29 bits per heavy atom. The summed E-state index contributed by atoms with van der Waals surface area (Å²) in [7, 11) is 0. The second-order valence-corrected chi connectivity index (χ2v) is 5.31. The summed E-state index contributed by atoms with van der Waals surface area (Å²) in [6.45, 7) is 4.73. The number of nitrogens with one attached hydrogen (secondary N) is 1. The van der Waals surface area contributed by atoms with Gasteiger partial charge in [0.25, 0.3) is 0 Å². The number of rotatable bonds is 4. The molecule has 4 nitrogen and oxygen atoms in total. The molecule has 3 heterocycles. The molecule has 17 heavy (non-hydrogen) atoms. The third-order valence-corrected chi connectivity index (χ3v) is 4.18. The average Bonchev–Trinajstić information content (AvgIpc) is 2.98. The fraction of sp³-hybridized carbons (Fsp3) is 0.769. The molecule has 2 unspecified atom stereocenters. The molecule has 0 aliphatic carbocycles. The summed E-state index contributed by atoms with van der Waals surface area (Å²) in [5, 5.41) is 3.70. The molecule has 1 aromatic heterocycles. The Labute approximate surface area is 103 Å². The van der Waals surface area contributed by atoms with Crippen molar-refractivity contribution in [1.29, 1.82) is 0 Å². The molecule has 2 aliphatic rings. The van der Waals surface area contributed by atoms with Crippen LogP contribution in [0.25, 0.3) is 0 Å². The Morgan fingerprint density at radius 3 is 3.18 bits per heavy atom. The van der Waals surface area contributed by atoms with E-state index in [2.05, 4.69) is 19.8 Å². The molecule has 94 valence electrons. The van der Waals surface area contributed by atoms with Crippen LogP contribution < -0.4 is 5.32 Å².